The summed E-state index contributed by atoms with van der Waals surface area (Å²) in [5, 5.41) is 24.8. The number of ether oxygens (including phenoxy) is 2. The highest BCUT2D eigenvalue weighted by molar-refractivity contribution is 5.78. The zero-order valence-electron chi connectivity index (χ0n) is 23.6. The highest BCUT2D eigenvalue weighted by atomic mass is 16.7. The van der Waals surface area contributed by atoms with Crippen LogP contribution in [0.2, 0.25) is 0 Å². The van der Waals surface area contributed by atoms with Crippen molar-refractivity contribution < 1.29 is 14.6 Å². The fourth-order valence-corrected chi connectivity index (χ4v) is 9.69. The van der Waals surface area contributed by atoms with Gasteiger partial charge in [0.2, 0.25) is 0 Å². The molecule has 0 spiro atoms. The summed E-state index contributed by atoms with van der Waals surface area (Å²) < 4.78 is 12.7. The number of fused-ring (bicyclic) bond motifs is 7. The summed E-state index contributed by atoms with van der Waals surface area (Å²) in [5.41, 5.74) is 5.53. The van der Waals surface area contributed by atoms with Gasteiger partial charge in [-0.25, -0.2) is 0 Å². The third-order valence-electron chi connectivity index (χ3n) is 11.4. The van der Waals surface area contributed by atoms with Crippen LogP contribution in [0.5, 0.6) is 0 Å². The fraction of sp³-hybridized carbons (Fsp3) is 0.667. The van der Waals surface area contributed by atoms with E-state index in [1.807, 2.05) is 19.9 Å². The van der Waals surface area contributed by atoms with Crippen molar-refractivity contribution in [2.75, 3.05) is 13.2 Å². The molecule has 2 N–H and O–H groups in total. The Morgan fingerprint density at radius 3 is 2.42 bits per heavy atom. The van der Waals surface area contributed by atoms with Crippen LogP contribution in [-0.4, -0.2) is 30.3 Å². The molecule has 5 nitrogen and oxygen atoms in total. The largest absolute Gasteiger partial charge is 0.393 e. The minimum Gasteiger partial charge on any atom is -0.393 e. The van der Waals surface area contributed by atoms with Crippen LogP contribution in [0.15, 0.2) is 47.1 Å². The third-order valence-corrected chi connectivity index (χ3v) is 11.4. The Labute approximate surface area is 228 Å². The number of allylic oxidation sites excluding steroid dienone is 2. The molecule has 204 valence electrons. The zero-order chi connectivity index (χ0) is 26.7. The van der Waals surface area contributed by atoms with E-state index in [-0.39, 0.29) is 11.5 Å². The van der Waals surface area contributed by atoms with Crippen molar-refractivity contribution in [3.63, 3.8) is 0 Å². The number of hydrogen-bond acceptors (Lipinski definition) is 5. The Morgan fingerprint density at radius 2 is 1.74 bits per heavy atom. The van der Waals surface area contributed by atoms with E-state index >= 15 is 0 Å². The topological polar surface area (TPSA) is 74.5 Å². The summed E-state index contributed by atoms with van der Waals surface area (Å²) in [6.45, 7) is 9.79. The minimum atomic E-state index is -1.26. The van der Waals surface area contributed by atoms with Crippen LogP contribution in [0.25, 0.3) is 5.70 Å². The van der Waals surface area contributed by atoms with Gasteiger partial charge in [0.05, 0.1) is 6.10 Å². The molecule has 6 rings (SSSR count). The number of dihydropyridines is 1. The highest BCUT2D eigenvalue weighted by Gasteiger charge is 2.63. The van der Waals surface area contributed by atoms with E-state index in [9.17, 15) is 10.4 Å². The molecule has 1 aromatic rings. The van der Waals surface area contributed by atoms with E-state index in [2.05, 4.69) is 49.5 Å². The molecular weight excluding hydrogens is 472 g/mol. The lowest BCUT2D eigenvalue weighted by atomic mass is 9.45. The smallest absolute Gasteiger partial charge is 0.288 e. The number of nitrogens with zero attached hydrogens (tertiary/aromatic N) is 1. The maximum Gasteiger partial charge on any atom is 0.288 e. The third kappa shape index (κ3) is 3.67. The summed E-state index contributed by atoms with van der Waals surface area (Å²) in [6.07, 6.45) is 8.67. The van der Waals surface area contributed by atoms with E-state index < -0.39 is 5.91 Å². The lowest BCUT2D eigenvalue weighted by Gasteiger charge is -2.60. The summed E-state index contributed by atoms with van der Waals surface area (Å²) in [5.74, 6) is 1.20. The van der Waals surface area contributed by atoms with E-state index in [4.69, 9.17) is 9.47 Å². The van der Waals surface area contributed by atoms with Crippen molar-refractivity contribution in [1.29, 1.82) is 5.26 Å². The van der Waals surface area contributed by atoms with Gasteiger partial charge in [-0.3, -0.25) is 0 Å². The number of benzene rings is 1. The SMILES string of the molecule is CCOC1(OCC)NC(c2ccccc2)=C2C[C@H]3[C@@H]4CC[C@H]5C[C@@H](O)CC[C@]5(C)[C@H]4CC[C@]3(C)C2=C1C#N. The summed E-state index contributed by atoms with van der Waals surface area (Å²) in [7, 11) is 0. The molecule has 4 aliphatic carbocycles. The first-order valence-electron chi connectivity index (χ1n) is 15.0. The van der Waals surface area contributed by atoms with Crippen molar-refractivity contribution in [2.45, 2.75) is 91.1 Å². The van der Waals surface area contributed by atoms with E-state index in [1.54, 1.807) is 0 Å². The Bertz CT molecular complexity index is 1180. The molecule has 1 heterocycles. The van der Waals surface area contributed by atoms with Crippen LogP contribution in [0.3, 0.4) is 0 Å². The summed E-state index contributed by atoms with van der Waals surface area (Å²) in [6, 6.07) is 13.1. The normalized spacial score (nSPS) is 39.4. The van der Waals surface area contributed by atoms with Crippen molar-refractivity contribution in [3.05, 3.63) is 52.6 Å². The van der Waals surface area contributed by atoms with E-state index in [0.717, 1.165) is 43.4 Å². The highest BCUT2D eigenvalue weighted by Crippen LogP contribution is 2.70. The monoisotopic (exact) mass is 516 g/mol. The lowest BCUT2D eigenvalue weighted by molar-refractivity contribution is -0.217. The maximum absolute atomic E-state index is 10.7. The van der Waals surface area contributed by atoms with Crippen LogP contribution in [0.4, 0.5) is 0 Å². The van der Waals surface area contributed by atoms with Gasteiger partial charge >= 0.3 is 0 Å². The average Bonchev–Trinajstić information content (AvgIpc) is 3.23. The first-order valence-corrected chi connectivity index (χ1v) is 15.0. The van der Waals surface area contributed by atoms with Gasteiger partial charge in [0.1, 0.15) is 11.6 Å². The molecule has 7 atom stereocenters. The molecule has 0 unspecified atom stereocenters. The van der Waals surface area contributed by atoms with Crippen molar-refractivity contribution in [1.82, 2.24) is 5.32 Å². The number of aliphatic hydroxyl groups excluding tert-OH is 1. The summed E-state index contributed by atoms with van der Waals surface area (Å²) in [4.78, 5) is 0. The molecular formula is C33H44N2O3. The molecule has 4 fully saturated rings. The second kappa shape index (κ2) is 9.51. The maximum atomic E-state index is 10.7. The van der Waals surface area contributed by atoms with E-state index in [1.165, 1.54) is 30.4 Å². The molecule has 5 heteroatoms. The number of nitrogens with one attached hydrogen (secondary N) is 1. The van der Waals surface area contributed by atoms with Crippen LogP contribution in [-0.2, 0) is 9.47 Å². The van der Waals surface area contributed by atoms with E-state index in [0.29, 0.717) is 47.9 Å². The predicted molar refractivity (Wildman–Crippen MR) is 148 cm³/mol. The molecule has 0 aromatic heterocycles. The quantitative estimate of drug-likeness (QED) is 0.434. The van der Waals surface area contributed by atoms with Crippen molar-refractivity contribution in [3.8, 4) is 6.07 Å². The second-order valence-electron chi connectivity index (χ2n) is 12.9. The first kappa shape index (κ1) is 26.1. The second-order valence-corrected chi connectivity index (χ2v) is 12.9. The van der Waals surface area contributed by atoms with Gasteiger partial charge in [0, 0.05) is 18.9 Å². The Morgan fingerprint density at radius 1 is 1.00 bits per heavy atom. The number of aliphatic hydroxyl groups is 1. The molecule has 0 radical (unpaired) electrons. The molecule has 38 heavy (non-hydrogen) atoms. The molecule has 0 saturated heterocycles. The minimum absolute atomic E-state index is 0.0828. The summed E-state index contributed by atoms with van der Waals surface area (Å²) >= 11 is 0. The molecule has 0 amide bonds. The fourth-order valence-electron chi connectivity index (χ4n) is 9.69. The van der Waals surface area contributed by atoms with Crippen LogP contribution in [0, 0.1) is 45.8 Å². The lowest BCUT2D eigenvalue weighted by Crippen LogP contribution is -2.55. The van der Waals surface area contributed by atoms with Crippen molar-refractivity contribution >= 4 is 5.70 Å². The van der Waals surface area contributed by atoms with Gasteiger partial charge in [0.15, 0.2) is 0 Å². The van der Waals surface area contributed by atoms with Crippen LogP contribution < -0.4 is 5.32 Å². The molecule has 1 aliphatic heterocycles. The Kier molecular flexibility index (Phi) is 6.53. The van der Waals surface area contributed by atoms with Gasteiger partial charge in [-0.1, -0.05) is 44.2 Å². The first-order chi connectivity index (χ1) is 18.3. The number of rotatable bonds is 5. The van der Waals surface area contributed by atoms with Gasteiger partial charge in [-0.15, -0.1) is 0 Å². The van der Waals surface area contributed by atoms with Gasteiger partial charge in [-0.2, -0.15) is 5.26 Å². The standard InChI is InChI=1S/C33H44N2O3/c1-5-37-33(38-6-2)28(20-34)29-25(30(35-33)21-10-8-7-9-11-21)19-27-24-13-12-22-18-23(36)14-16-31(22,3)26(24)15-17-32(27,29)4/h7-11,22-24,26-27,35-36H,5-6,12-19H2,1-4H3/t22-,23-,24+,26-,27-,31-,32-/m0/s1. The molecule has 1 aromatic carbocycles. The molecule has 5 aliphatic rings. The molecule has 4 saturated carbocycles. The van der Waals surface area contributed by atoms with Crippen molar-refractivity contribution in [2.24, 2.45) is 34.5 Å². The number of hydrogen-bond donors (Lipinski definition) is 2. The average molecular weight is 517 g/mol. The van der Waals surface area contributed by atoms with Crippen LogP contribution >= 0.6 is 0 Å². The Balaban J connectivity index is 1.50. The predicted octanol–water partition coefficient (Wildman–Crippen LogP) is 6.56. The van der Waals surface area contributed by atoms with Gasteiger partial charge in [0.25, 0.3) is 5.91 Å². The molecule has 0 bridgehead atoms. The van der Waals surface area contributed by atoms with Gasteiger partial charge in [-0.05, 0) is 116 Å². The van der Waals surface area contributed by atoms with Crippen LogP contribution in [0.1, 0.15) is 84.6 Å². The van der Waals surface area contributed by atoms with Gasteiger partial charge < -0.3 is 19.9 Å². The Hall–Kier alpha value is -2.13. The zero-order valence-corrected chi connectivity index (χ0v) is 23.6. The number of nitriles is 1.